The fourth-order valence-electron chi connectivity index (χ4n) is 2.77. The molecular weight excluding hydrogens is 457 g/mol. The maximum Gasteiger partial charge on any atom is 0.416 e. The van der Waals surface area contributed by atoms with Crippen molar-refractivity contribution in [3.8, 4) is 5.75 Å². The van der Waals surface area contributed by atoms with E-state index in [0.29, 0.717) is 12.1 Å². The number of nitrogens with one attached hydrogen (secondary N) is 1. The summed E-state index contributed by atoms with van der Waals surface area (Å²) < 4.78 is 66.8. The molecule has 0 saturated heterocycles. The van der Waals surface area contributed by atoms with Crippen molar-refractivity contribution in [2.45, 2.75) is 20.0 Å². The molecule has 0 saturated carbocycles. The zero-order valence-corrected chi connectivity index (χ0v) is 17.6. The molecule has 0 aromatic heterocycles. The largest absolute Gasteiger partial charge is 0.507 e. The van der Waals surface area contributed by atoms with Gasteiger partial charge in [-0.3, -0.25) is 4.79 Å². The van der Waals surface area contributed by atoms with Gasteiger partial charge in [0, 0.05) is 11.7 Å². The van der Waals surface area contributed by atoms with Crippen LogP contribution in [0.5, 0.6) is 5.75 Å². The molecule has 32 heavy (non-hydrogen) atoms. The number of aromatic hydroxyl groups is 1. The topological polar surface area (TPSA) is 86.6 Å². The highest BCUT2D eigenvalue weighted by molar-refractivity contribution is 8.03. The van der Waals surface area contributed by atoms with Gasteiger partial charge in [-0.2, -0.15) is 13.2 Å². The van der Waals surface area contributed by atoms with E-state index >= 15 is 0 Å². The molecule has 0 bridgehead atoms. The zero-order chi connectivity index (χ0) is 24.4. The van der Waals surface area contributed by atoms with Crippen LogP contribution in [0.25, 0.3) is 0 Å². The van der Waals surface area contributed by atoms with Crippen molar-refractivity contribution in [2.75, 3.05) is 5.75 Å². The zero-order valence-electron chi connectivity index (χ0n) is 16.8. The second-order valence-corrected chi connectivity index (χ2v) is 7.75. The van der Waals surface area contributed by atoms with E-state index < -0.39 is 63.6 Å². The number of carboxylic acids is 1. The van der Waals surface area contributed by atoms with Crippen molar-refractivity contribution >= 4 is 23.6 Å². The third-order valence-electron chi connectivity index (χ3n) is 4.69. The molecular formula is C21H18F5NO4S. The highest BCUT2D eigenvalue weighted by Gasteiger charge is 2.37. The van der Waals surface area contributed by atoms with E-state index in [1.807, 2.05) is 0 Å². The lowest BCUT2D eigenvalue weighted by Gasteiger charge is -2.14. The number of carbonyl (C=O) groups is 2. The van der Waals surface area contributed by atoms with Crippen LogP contribution in [-0.4, -0.2) is 27.8 Å². The summed E-state index contributed by atoms with van der Waals surface area (Å²) in [7, 11) is 0. The summed E-state index contributed by atoms with van der Waals surface area (Å²) >= 11 is 0.813. The number of alkyl halides is 3. The predicted molar refractivity (Wildman–Crippen MR) is 109 cm³/mol. The van der Waals surface area contributed by atoms with Crippen LogP contribution in [0.2, 0.25) is 0 Å². The number of allylic oxidation sites excluding steroid dienone is 5. The average molecular weight is 475 g/mol. The van der Waals surface area contributed by atoms with Gasteiger partial charge in [-0.15, -0.1) is 11.8 Å². The summed E-state index contributed by atoms with van der Waals surface area (Å²) in [5.74, 6) is -7.33. The SMILES string of the molecule is C=C(/C(F)=C(F)\C(C)=C/C)C1CSC(NC(=O)c2ccc(C(F)(F)F)cc2O)=C1C(=O)O. The van der Waals surface area contributed by atoms with Crippen molar-refractivity contribution < 1.29 is 41.8 Å². The monoisotopic (exact) mass is 475 g/mol. The molecule has 1 aliphatic rings. The number of amides is 1. The molecule has 1 aromatic carbocycles. The Balaban J connectivity index is 2.37. The summed E-state index contributed by atoms with van der Waals surface area (Å²) in [5, 5.41) is 21.4. The van der Waals surface area contributed by atoms with Crippen LogP contribution >= 0.6 is 11.8 Å². The summed E-state index contributed by atoms with van der Waals surface area (Å²) in [6.45, 7) is 6.27. The number of thioether (sulfide) groups is 1. The first kappa shape index (κ1) is 25.2. The van der Waals surface area contributed by atoms with Gasteiger partial charge < -0.3 is 15.5 Å². The molecule has 1 aliphatic heterocycles. The molecule has 3 N–H and O–H groups in total. The Bertz CT molecular complexity index is 1070. The van der Waals surface area contributed by atoms with Crippen LogP contribution in [0.4, 0.5) is 22.0 Å². The first-order chi connectivity index (χ1) is 14.8. The smallest absolute Gasteiger partial charge is 0.416 e. The average Bonchev–Trinajstić information content (AvgIpc) is 3.14. The number of aliphatic carboxylic acids is 1. The Morgan fingerprint density at radius 1 is 1.25 bits per heavy atom. The van der Waals surface area contributed by atoms with Crippen LogP contribution in [0, 0.1) is 5.92 Å². The van der Waals surface area contributed by atoms with Crippen molar-refractivity contribution in [1.29, 1.82) is 0 Å². The molecule has 2 rings (SSSR count). The van der Waals surface area contributed by atoms with Gasteiger partial charge in [-0.1, -0.05) is 12.7 Å². The Kier molecular flexibility index (Phi) is 7.55. The van der Waals surface area contributed by atoms with E-state index in [1.54, 1.807) is 0 Å². The predicted octanol–water partition coefficient (Wildman–Crippen LogP) is 5.47. The van der Waals surface area contributed by atoms with Crippen molar-refractivity contribution in [3.05, 3.63) is 75.4 Å². The Morgan fingerprint density at radius 3 is 2.38 bits per heavy atom. The number of halogens is 5. The Labute approximate surface area is 184 Å². The molecule has 1 heterocycles. The van der Waals surface area contributed by atoms with Gasteiger partial charge in [0.2, 0.25) is 0 Å². The number of phenols is 1. The van der Waals surface area contributed by atoms with Crippen LogP contribution < -0.4 is 5.32 Å². The molecule has 172 valence electrons. The van der Waals surface area contributed by atoms with E-state index in [-0.39, 0.29) is 16.4 Å². The third kappa shape index (κ3) is 5.21. The van der Waals surface area contributed by atoms with Gasteiger partial charge in [-0.25, -0.2) is 13.6 Å². The van der Waals surface area contributed by atoms with Crippen molar-refractivity contribution in [3.63, 3.8) is 0 Å². The minimum absolute atomic E-state index is 0.0125. The lowest BCUT2D eigenvalue weighted by molar-refractivity contribution is -0.137. The van der Waals surface area contributed by atoms with Crippen LogP contribution in [0.15, 0.2) is 64.3 Å². The molecule has 11 heteroatoms. The highest BCUT2D eigenvalue weighted by Crippen LogP contribution is 2.42. The van der Waals surface area contributed by atoms with Crippen LogP contribution in [0.1, 0.15) is 29.8 Å². The van der Waals surface area contributed by atoms with E-state index in [4.69, 9.17) is 0 Å². The number of rotatable bonds is 6. The number of hydrogen-bond donors (Lipinski definition) is 3. The summed E-state index contributed by atoms with van der Waals surface area (Å²) in [4.78, 5) is 24.2. The number of phenolic OH excluding ortho intramolecular Hbond substituents is 1. The van der Waals surface area contributed by atoms with E-state index in [2.05, 4.69) is 11.9 Å². The fraction of sp³-hybridized carbons (Fsp3) is 0.238. The second-order valence-electron chi connectivity index (χ2n) is 6.72. The summed E-state index contributed by atoms with van der Waals surface area (Å²) in [5.41, 5.74) is -2.61. The fourth-order valence-corrected chi connectivity index (χ4v) is 4.03. The molecule has 0 spiro atoms. The number of carboxylic acid groups (broad SMARTS) is 1. The third-order valence-corrected chi connectivity index (χ3v) is 5.80. The quantitative estimate of drug-likeness (QED) is 0.375. The standard InChI is InChI=1S/C21H18F5NO4S/c1-4-9(2)16(22)17(23)10(3)13-8-32-19(15(13)20(30)31)27-18(29)12-6-5-11(7-14(12)28)21(24,25)26/h4-7,13,28H,3,8H2,1-2H3,(H,27,29)(H,30,31)/b9-4-,17-16-. The molecule has 0 fully saturated rings. The van der Waals surface area contributed by atoms with Gasteiger partial charge in [0.15, 0.2) is 11.7 Å². The summed E-state index contributed by atoms with van der Waals surface area (Å²) in [6, 6.07) is 1.68. The molecule has 0 aliphatic carbocycles. The maximum absolute atomic E-state index is 14.5. The number of hydrogen-bond acceptors (Lipinski definition) is 4. The first-order valence-electron chi connectivity index (χ1n) is 8.99. The van der Waals surface area contributed by atoms with Crippen molar-refractivity contribution in [1.82, 2.24) is 5.32 Å². The lowest BCUT2D eigenvalue weighted by Crippen LogP contribution is -2.24. The van der Waals surface area contributed by atoms with Gasteiger partial charge >= 0.3 is 12.1 Å². The van der Waals surface area contributed by atoms with E-state index in [9.17, 15) is 41.8 Å². The maximum atomic E-state index is 14.5. The molecule has 0 radical (unpaired) electrons. The molecule has 1 atom stereocenters. The first-order valence-corrected chi connectivity index (χ1v) is 9.97. The Hall–Kier alpha value is -3.08. The lowest BCUT2D eigenvalue weighted by atomic mass is 9.92. The minimum Gasteiger partial charge on any atom is -0.507 e. The molecule has 1 aromatic rings. The van der Waals surface area contributed by atoms with Crippen LogP contribution in [-0.2, 0) is 11.0 Å². The number of carbonyl (C=O) groups excluding carboxylic acids is 1. The molecule has 1 amide bonds. The van der Waals surface area contributed by atoms with Crippen molar-refractivity contribution in [2.24, 2.45) is 5.92 Å². The summed E-state index contributed by atoms with van der Waals surface area (Å²) in [6.07, 6.45) is -3.42. The molecule has 5 nitrogen and oxygen atoms in total. The van der Waals surface area contributed by atoms with E-state index in [0.717, 1.165) is 17.8 Å². The highest BCUT2D eigenvalue weighted by atomic mass is 32.2. The second kappa shape index (κ2) is 9.60. The number of benzene rings is 1. The molecule has 1 unspecified atom stereocenters. The van der Waals surface area contributed by atoms with Gasteiger partial charge in [0.25, 0.3) is 5.91 Å². The van der Waals surface area contributed by atoms with Gasteiger partial charge in [0.1, 0.15) is 5.75 Å². The minimum atomic E-state index is -4.74. The normalized spacial score (nSPS) is 17.8. The van der Waals surface area contributed by atoms with Crippen LogP contribution in [0.3, 0.4) is 0 Å². The Morgan fingerprint density at radius 2 is 1.88 bits per heavy atom. The van der Waals surface area contributed by atoms with E-state index in [1.165, 1.54) is 19.9 Å². The van der Waals surface area contributed by atoms with Gasteiger partial charge in [-0.05, 0) is 43.2 Å². The van der Waals surface area contributed by atoms with Gasteiger partial charge in [0.05, 0.1) is 21.7 Å².